The first-order valence-electron chi connectivity index (χ1n) is 10.00. The van der Waals surface area contributed by atoms with Gasteiger partial charge < -0.3 is 30.4 Å². The number of aldehydes is 1. The van der Waals surface area contributed by atoms with Gasteiger partial charge in [0.1, 0.15) is 11.4 Å². The first kappa shape index (κ1) is 23.8. The van der Waals surface area contributed by atoms with Gasteiger partial charge in [-0.15, -0.1) is 0 Å². The SMILES string of the molecule is COC1=C(OC)C(OC)C(Cc2cnc(N)nc2N)(OC)C(C#Cc2ccccc2)=C1C=O. The maximum Gasteiger partial charge on any atom is 0.221 e. The molecule has 1 heterocycles. The number of carbonyl (C=O) groups excluding carboxylic acids is 1. The van der Waals surface area contributed by atoms with E-state index in [2.05, 4.69) is 21.8 Å². The molecular weight excluding hydrogens is 424 g/mol. The lowest BCUT2D eigenvalue weighted by Crippen LogP contribution is -2.53. The first-order valence-corrected chi connectivity index (χ1v) is 10.00. The number of nitrogens with zero attached hydrogens (tertiary/aromatic N) is 2. The Labute approximate surface area is 192 Å². The highest BCUT2D eigenvalue weighted by molar-refractivity contribution is 5.85. The summed E-state index contributed by atoms with van der Waals surface area (Å²) in [4.78, 5) is 20.4. The minimum absolute atomic E-state index is 0.0435. The van der Waals surface area contributed by atoms with Gasteiger partial charge >= 0.3 is 0 Å². The van der Waals surface area contributed by atoms with Crippen molar-refractivity contribution >= 4 is 18.1 Å². The molecule has 9 heteroatoms. The number of nitrogen functional groups attached to an aromatic ring is 2. The van der Waals surface area contributed by atoms with Gasteiger partial charge in [0.05, 0.1) is 25.4 Å². The molecule has 3 rings (SSSR count). The average Bonchev–Trinajstić information content (AvgIpc) is 2.84. The van der Waals surface area contributed by atoms with E-state index in [0.717, 1.165) is 5.56 Å². The lowest BCUT2D eigenvalue weighted by Gasteiger charge is -2.43. The van der Waals surface area contributed by atoms with E-state index in [9.17, 15) is 4.79 Å². The third-order valence-electron chi connectivity index (χ3n) is 5.44. The van der Waals surface area contributed by atoms with Crippen LogP contribution in [0.4, 0.5) is 11.8 Å². The van der Waals surface area contributed by atoms with Crippen molar-refractivity contribution in [3.63, 3.8) is 0 Å². The minimum atomic E-state index is -1.31. The molecule has 9 nitrogen and oxygen atoms in total. The normalized spacial score (nSPS) is 20.2. The molecule has 0 fully saturated rings. The number of nitrogens with two attached hydrogens (primary N) is 2. The Bertz CT molecular complexity index is 1150. The summed E-state index contributed by atoms with van der Waals surface area (Å²) >= 11 is 0. The Balaban J connectivity index is 2.32. The lowest BCUT2D eigenvalue weighted by molar-refractivity contribution is -0.109. The molecule has 4 N–H and O–H groups in total. The molecule has 1 aliphatic rings. The van der Waals surface area contributed by atoms with Gasteiger partial charge in [-0.2, -0.15) is 4.98 Å². The van der Waals surface area contributed by atoms with Crippen LogP contribution in [-0.2, 0) is 30.2 Å². The topological polar surface area (TPSA) is 132 Å². The molecule has 0 saturated carbocycles. The predicted octanol–water partition coefficient (Wildman–Crippen LogP) is 1.65. The third-order valence-corrected chi connectivity index (χ3v) is 5.44. The van der Waals surface area contributed by atoms with Crippen LogP contribution in [0.3, 0.4) is 0 Å². The maximum atomic E-state index is 12.3. The first-order chi connectivity index (χ1) is 15.9. The van der Waals surface area contributed by atoms with Crippen molar-refractivity contribution in [1.29, 1.82) is 0 Å². The number of ether oxygens (including phenoxy) is 4. The molecule has 0 bridgehead atoms. The van der Waals surface area contributed by atoms with Gasteiger partial charge in [-0.05, 0) is 12.1 Å². The van der Waals surface area contributed by atoms with Gasteiger partial charge in [-0.3, -0.25) is 4.79 Å². The van der Waals surface area contributed by atoms with Crippen LogP contribution >= 0.6 is 0 Å². The molecule has 0 aliphatic heterocycles. The molecule has 1 aromatic carbocycles. The molecular formula is C24H26N4O5. The maximum absolute atomic E-state index is 12.3. The summed E-state index contributed by atoms with van der Waals surface area (Å²) < 4.78 is 23.1. The second kappa shape index (κ2) is 10.2. The number of methoxy groups -OCH3 is 4. The molecule has 0 spiro atoms. The van der Waals surface area contributed by atoms with E-state index in [1.54, 1.807) is 0 Å². The van der Waals surface area contributed by atoms with Crippen molar-refractivity contribution in [3.05, 3.63) is 70.3 Å². The monoisotopic (exact) mass is 450 g/mol. The zero-order chi connectivity index (χ0) is 24.0. The number of allylic oxidation sites excluding steroid dienone is 1. The van der Waals surface area contributed by atoms with Crippen LogP contribution in [0.15, 0.2) is 59.2 Å². The Morgan fingerprint density at radius 3 is 2.36 bits per heavy atom. The molecule has 33 heavy (non-hydrogen) atoms. The van der Waals surface area contributed by atoms with Crippen LogP contribution in [0.5, 0.6) is 0 Å². The number of anilines is 2. The zero-order valence-corrected chi connectivity index (χ0v) is 18.9. The molecule has 172 valence electrons. The van der Waals surface area contributed by atoms with Crippen molar-refractivity contribution in [2.24, 2.45) is 0 Å². The molecule has 0 radical (unpaired) electrons. The molecule has 1 aliphatic carbocycles. The van der Waals surface area contributed by atoms with Gasteiger partial charge in [-0.25, -0.2) is 4.98 Å². The van der Waals surface area contributed by atoms with Crippen molar-refractivity contribution in [1.82, 2.24) is 9.97 Å². The van der Waals surface area contributed by atoms with E-state index < -0.39 is 11.7 Å². The summed E-state index contributed by atoms with van der Waals surface area (Å²) in [6, 6.07) is 9.36. The van der Waals surface area contributed by atoms with Crippen molar-refractivity contribution < 1.29 is 23.7 Å². The van der Waals surface area contributed by atoms with Crippen molar-refractivity contribution in [2.45, 2.75) is 18.1 Å². The second-order valence-electron chi connectivity index (χ2n) is 7.15. The quantitative estimate of drug-likeness (QED) is 0.477. The van der Waals surface area contributed by atoms with Crippen molar-refractivity contribution in [3.8, 4) is 11.8 Å². The minimum Gasteiger partial charge on any atom is -0.494 e. The standard InChI is InChI=1S/C24H26N4O5/c1-30-19-17(14-29)18(11-10-15-8-6-5-7-9-15)24(33-4,21(32-3)20(19)31-2)12-16-13-27-23(26)28-22(16)25/h5-9,13-14,21H,12H2,1-4H3,(H4,25,26,27,28). The Hall–Kier alpha value is -3.87. The summed E-state index contributed by atoms with van der Waals surface area (Å²) in [7, 11) is 5.91. The van der Waals surface area contributed by atoms with Gasteiger partial charge in [-0.1, -0.05) is 30.0 Å². The molecule has 2 atom stereocenters. The zero-order valence-electron chi connectivity index (χ0n) is 18.9. The van der Waals surface area contributed by atoms with E-state index in [-0.39, 0.29) is 35.3 Å². The average molecular weight is 450 g/mol. The molecule has 0 amide bonds. The summed E-state index contributed by atoms with van der Waals surface area (Å²) in [5, 5.41) is 0. The second-order valence-corrected chi connectivity index (χ2v) is 7.15. The highest BCUT2D eigenvalue weighted by atomic mass is 16.6. The van der Waals surface area contributed by atoms with Gasteiger partial charge in [0, 0.05) is 38.0 Å². The Morgan fingerprint density at radius 1 is 1.09 bits per heavy atom. The highest BCUT2D eigenvalue weighted by Gasteiger charge is 2.52. The van der Waals surface area contributed by atoms with Crippen LogP contribution in [0.25, 0.3) is 0 Å². The Morgan fingerprint density at radius 2 is 1.82 bits per heavy atom. The Kier molecular flexibility index (Phi) is 7.33. The van der Waals surface area contributed by atoms with E-state index in [0.29, 0.717) is 17.4 Å². The van der Waals surface area contributed by atoms with Crippen LogP contribution in [-0.4, -0.2) is 56.4 Å². The highest BCUT2D eigenvalue weighted by Crippen LogP contribution is 2.43. The molecule has 0 saturated heterocycles. The smallest absolute Gasteiger partial charge is 0.221 e. The molecule has 1 aromatic heterocycles. The number of aromatic nitrogens is 2. The van der Waals surface area contributed by atoms with Crippen molar-refractivity contribution in [2.75, 3.05) is 39.9 Å². The van der Waals surface area contributed by atoms with E-state index >= 15 is 0 Å². The third kappa shape index (κ3) is 4.39. The molecule has 2 aromatic rings. The number of benzene rings is 1. The molecule has 2 unspecified atom stereocenters. The van der Waals surface area contributed by atoms with Gasteiger partial charge in [0.25, 0.3) is 0 Å². The van der Waals surface area contributed by atoms with Gasteiger partial charge in [0.2, 0.25) is 5.95 Å². The predicted molar refractivity (Wildman–Crippen MR) is 123 cm³/mol. The van der Waals surface area contributed by atoms with Crippen LogP contribution in [0.1, 0.15) is 11.1 Å². The summed E-state index contributed by atoms with van der Waals surface area (Å²) in [5.41, 5.74) is 12.3. The number of rotatable bonds is 7. The van der Waals surface area contributed by atoms with Crippen LogP contribution in [0.2, 0.25) is 0 Å². The van der Waals surface area contributed by atoms with E-state index in [1.165, 1.54) is 34.6 Å². The fraction of sp³-hybridized carbons (Fsp3) is 0.292. The van der Waals surface area contributed by atoms with E-state index in [1.807, 2.05) is 30.3 Å². The summed E-state index contributed by atoms with van der Waals surface area (Å²) in [6.45, 7) is 0. The summed E-state index contributed by atoms with van der Waals surface area (Å²) in [6.07, 6.45) is 1.46. The number of hydrogen-bond acceptors (Lipinski definition) is 9. The van der Waals surface area contributed by atoms with Crippen LogP contribution < -0.4 is 11.5 Å². The van der Waals surface area contributed by atoms with Gasteiger partial charge in [0.15, 0.2) is 23.9 Å². The fourth-order valence-corrected chi connectivity index (χ4v) is 3.90. The fourth-order valence-electron chi connectivity index (χ4n) is 3.90. The van der Waals surface area contributed by atoms with E-state index in [4.69, 9.17) is 30.4 Å². The van der Waals surface area contributed by atoms with Crippen LogP contribution in [0, 0.1) is 11.8 Å². The number of carbonyl (C=O) groups is 1. The largest absolute Gasteiger partial charge is 0.494 e. The number of hydrogen-bond donors (Lipinski definition) is 2. The summed E-state index contributed by atoms with van der Waals surface area (Å²) in [5.74, 6) is 6.94. The lowest BCUT2D eigenvalue weighted by atomic mass is 9.75.